The van der Waals surface area contributed by atoms with Gasteiger partial charge in [-0.3, -0.25) is 5.57 Å². The van der Waals surface area contributed by atoms with Crippen LogP contribution >= 0.6 is 0 Å². The maximum atomic E-state index is 10.7. The standard InChI is InChI=1S/C15H23O.Y/c1-11-5-4-9-15(3)13(11)6-7-14(15)12(2)8-10-16;/h1,10,12-14H,4-9H2,2-3H3;/q-1;/t12?,13-,14+,15-;/m0./s1. The predicted molar refractivity (Wildman–Crippen MR) is 65.8 cm³/mol. The van der Waals surface area contributed by atoms with Crippen molar-refractivity contribution >= 4 is 6.29 Å². The zero-order valence-corrected chi connectivity index (χ0v) is 14.0. The normalized spacial score (nSPS) is 38.1. The van der Waals surface area contributed by atoms with E-state index in [0.29, 0.717) is 29.6 Å². The first-order chi connectivity index (χ1) is 7.59. The fraction of sp³-hybridized carbons (Fsp3) is 0.800. The summed E-state index contributed by atoms with van der Waals surface area (Å²) >= 11 is 0. The molecular weight excluding hydrogens is 285 g/mol. The molecule has 0 aromatic heterocycles. The molecule has 1 radical (unpaired) electrons. The smallest absolute Gasteiger partial charge is 0.120 e. The van der Waals surface area contributed by atoms with Crippen LogP contribution in [0.15, 0.2) is 5.57 Å². The Morgan fingerprint density at radius 1 is 1.53 bits per heavy atom. The van der Waals surface area contributed by atoms with Crippen molar-refractivity contribution in [2.45, 2.75) is 52.4 Å². The van der Waals surface area contributed by atoms with Gasteiger partial charge in [-0.25, -0.2) is 0 Å². The molecule has 4 atom stereocenters. The van der Waals surface area contributed by atoms with Crippen LogP contribution in [0.1, 0.15) is 52.4 Å². The van der Waals surface area contributed by atoms with Crippen LogP contribution in [0.25, 0.3) is 0 Å². The van der Waals surface area contributed by atoms with Crippen LogP contribution in [0.5, 0.6) is 0 Å². The minimum atomic E-state index is 0. The monoisotopic (exact) mass is 308 g/mol. The maximum absolute atomic E-state index is 10.7. The first-order valence-electron chi connectivity index (χ1n) is 6.64. The van der Waals surface area contributed by atoms with Gasteiger partial charge in [0.15, 0.2) is 0 Å². The van der Waals surface area contributed by atoms with E-state index in [-0.39, 0.29) is 32.7 Å². The van der Waals surface area contributed by atoms with Crippen LogP contribution in [0, 0.1) is 29.7 Å². The molecule has 1 nitrogen and oxygen atoms in total. The maximum Gasteiger partial charge on any atom is 0.120 e. The van der Waals surface area contributed by atoms with Crippen molar-refractivity contribution in [2.75, 3.05) is 0 Å². The third-order valence-corrected chi connectivity index (χ3v) is 5.19. The number of hydrogen-bond donors (Lipinski definition) is 0. The predicted octanol–water partition coefficient (Wildman–Crippen LogP) is 3.78. The topological polar surface area (TPSA) is 17.1 Å². The van der Waals surface area contributed by atoms with Crippen LogP contribution in [0.3, 0.4) is 0 Å². The molecule has 93 valence electrons. The number of allylic oxidation sites excluding steroid dienone is 1. The van der Waals surface area contributed by atoms with E-state index in [2.05, 4.69) is 13.8 Å². The van der Waals surface area contributed by atoms with E-state index in [0.717, 1.165) is 12.7 Å². The second-order valence-electron chi connectivity index (χ2n) is 6.05. The van der Waals surface area contributed by atoms with Crippen molar-refractivity contribution in [3.05, 3.63) is 12.2 Å². The Balaban J connectivity index is 0.00000144. The molecule has 0 saturated heterocycles. The van der Waals surface area contributed by atoms with E-state index in [4.69, 9.17) is 6.58 Å². The summed E-state index contributed by atoms with van der Waals surface area (Å²) in [5.41, 5.74) is 1.61. The molecule has 2 rings (SSSR count). The summed E-state index contributed by atoms with van der Waals surface area (Å²) in [5, 5.41) is 0. The number of aldehydes is 1. The van der Waals surface area contributed by atoms with Gasteiger partial charge in [-0.2, -0.15) is 0 Å². The summed E-state index contributed by atoms with van der Waals surface area (Å²) < 4.78 is 0. The molecule has 0 N–H and O–H groups in total. The molecular formula is C15H23OY-. The van der Waals surface area contributed by atoms with Gasteiger partial charge in [0, 0.05) is 39.1 Å². The Bertz CT molecular complexity index is 299. The largest absolute Gasteiger partial charge is 0.514 e. The Labute approximate surface area is 131 Å². The number of carbonyl (C=O) groups is 1. The van der Waals surface area contributed by atoms with Crippen LogP contribution in [0.2, 0.25) is 0 Å². The zero-order valence-electron chi connectivity index (χ0n) is 11.1. The third kappa shape index (κ3) is 2.76. The summed E-state index contributed by atoms with van der Waals surface area (Å²) in [6.45, 7) is 10.8. The second kappa shape index (κ2) is 6.11. The Morgan fingerprint density at radius 3 is 2.88 bits per heavy atom. The van der Waals surface area contributed by atoms with E-state index >= 15 is 0 Å². The molecule has 1 unspecified atom stereocenters. The van der Waals surface area contributed by atoms with Gasteiger partial charge < -0.3 is 11.4 Å². The number of rotatable bonds is 3. The van der Waals surface area contributed by atoms with Gasteiger partial charge in [-0.05, 0) is 42.4 Å². The molecule has 2 heteroatoms. The molecule has 17 heavy (non-hydrogen) atoms. The van der Waals surface area contributed by atoms with Gasteiger partial charge in [0.05, 0.1) is 0 Å². The van der Waals surface area contributed by atoms with Gasteiger partial charge >= 0.3 is 0 Å². The van der Waals surface area contributed by atoms with Crippen molar-refractivity contribution < 1.29 is 37.5 Å². The third-order valence-electron chi connectivity index (χ3n) is 5.19. The first kappa shape index (κ1) is 15.6. The van der Waals surface area contributed by atoms with Crippen molar-refractivity contribution in [3.8, 4) is 0 Å². The summed E-state index contributed by atoms with van der Waals surface area (Å²) in [4.78, 5) is 10.7. The quantitative estimate of drug-likeness (QED) is 0.573. The average Bonchev–Trinajstić information content (AvgIpc) is 2.57. The van der Waals surface area contributed by atoms with Crippen molar-refractivity contribution in [2.24, 2.45) is 23.2 Å². The van der Waals surface area contributed by atoms with E-state index in [9.17, 15) is 4.79 Å². The number of hydrogen-bond acceptors (Lipinski definition) is 1. The summed E-state index contributed by atoms with van der Waals surface area (Å²) in [5.74, 6) is 1.85. The SMILES string of the molecule is [CH-]=C1CCC[C@]2(C)[C@@H](C(C)CC=O)CC[C@@H]12.[Y]. The molecule has 0 heterocycles. The summed E-state index contributed by atoms with van der Waals surface area (Å²) in [6, 6.07) is 0. The molecule has 0 aromatic carbocycles. The Morgan fingerprint density at radius 2 is 2.24 bits per heavy atom. The van der Waals surface area contributed by atoms with Crippen molar-refractivity contribution in [1.82, 2.24) is 0 Å². The van der Waals surface area contributed by atoms with E-state index in [1.54, 1.807) is 0 Å². The fourth-order valence-corrected chi connectivity index (χ4v) is 4.33. The minimum absolute atomic E-state index is 0. The molecule has 2 aliphatic carbocycles. The first-order valence-corrected chi connectivity index (χ1v) is 6.64. The van der Waals surface area contributed by atoms with Gasteiger partial charge in [0.2, 0.25) is 0 Å². The molecule has 2 saturated carbocycles. The van der Waals surface area contributed by atoms with Crippen molar-refractivity contribution in [1.29, 1.82) is 0 Å². The van der Waals surface area contributed by atoms with Gasteiger partial charge in [0.1, 0.15) is 6.29 Å². The van der Waals surface area contributed by atoms with Crippen LogP contribution in [-0.2, 0) is 37.5 Å². The van der Waals surface area contributed by atoms with Gasteiger partial charge in [-0.15, -0.1) is 0 Å². The van der Waals surface area contributed by atoms with Gasteiger partial charge in [0.25, 0.3) is 0 Å². The van der Waals surface area contributed by atoms with Crippen LogP contribution < -0.4 is 0 Å². The Hall–Kier alpha value is 0.514. The van der Waals surface area contributed by atoms with Gasteiger partial charge in [-0.1, -0.05) is 26.7 Å². The van der Waals surface area contributed by atoms with E-state index in [1.807, 2.05) is 0 Å². The minimum Gasteiger partial charge on any atom is -0.514 e. The Kier molecular flexibility index (Phi) is 5.59. The zero-order chi connectivity index (χ0) is 11.8. The summed E-state index contributed by atoms with van der Waals surface area (Å²) in [6.07, 6.45) is 7.96. The number of carbonyl (C=O) groups excluding carboxylic acids is 1. The molecule has 0 amide bonds. The molecule has 2 aliphatic rings. The van der Waals surface area contributed by atoms with Crippen molar-refractivity contribution in [3.63, 3.8) is 0 Å². The van der Waals surface area contributed by atoms with E-state index in [1.165, 1.54) is 31.3 Å². The van der Waals surface area contributed by atoms with Crippen LogP contribution in [0.4, 0.5) is 0 Å². The molecule has 0 spiro atoms. The fourth-order valence-electron chi connectivity index (χ4n) is 4.33. The second-order valence-corrected chi connectivity index (χ2v) is 6.05. The summed E-state index contributed by atoms with van der Waals surface area (Å²) in [7, 11) is 0. The average molecular weight is 308 g/mol. The van der Waals surface area contributed by atoms with Crippen LogP contribution in [-0.4, -0.2) is 6.29 Å². The molecule has 0 aromatic rings. The molecule has 0 aliphatic heterocycles. The van der Waals surface area contributed by atoms with E-state index < -0.39 is 0 Å². The molecule has 2 fully saturated rings. The molecule has 0 bridgehead atoms. The number of fused-ring (bicyclic) bond motifs is 1.